The van der Waals surface area contributed by atoms with Gasteiger partial charge in [0.15, 0.2) is 0 Å². The number of amides is 1. The fourth-order valence-corrected chi connectivity index (χ4v) is 1.37. The molecule has 1 unspecified atom stereocenters. The molecule has 0 saturated carbocycles. The van der Waals surface area contributed by atoms with Crippen LogP contribution >= 0.6 is 12.4 Å². The molecular formula is C8H16ClFN2O. The Labute approximate surface area is 83.9 Å². The third kappa shape index (κ3) is 3.91. The topological polar surface area (TPSA) is 46.3 Å². The lowest BCUT2D eigenvalue weighted by molar-refractivity contribution is -0.131. The van der Waals surface area contributed by atoms with E-state index in [0.717, 1.165) is 25.9 Å². The van der Waals surface area contributed by atoms with Crippen LogP contribution in [-0.4, -0.2) is 36.6 Å². The second kappa shape index (κ2) is 6.16. The number of hydrogen-bond acceptors (Lipinski definition) is 2. The van der Waals surface area contributed by atoms with E-state index in [0.29, 0.717) is 0 Å². The Hall–Kier alpha value is -0.350. The number of halogens is 2. The third-order valence-corrected chi connectivity index (χ3v) is 2.11. The molecular weight excluding hydrogens is 195 g/mol. The molecule has 78 valence electrons. The maximum absolute atomic E-state index is 12.7. The molecule has 1 saturated heterocycles. The van der Waals surface area contributed by atoms with Crippen LogP contribution in [0.4, 0.5) is 4.39 Å². The van der Waals surface area contributed by atoms with E-state index >= 15 is 0 Å². The van der Waals surface area contributed by atoms with E-state index in [1.165, 1.54) is 0 Å². The molecule has 1 aliphatic rings. The standard InChI is InChI=1S/C8H15FN2O.ClH/c9-7(6-10)5-8(12)11-3-1-2-4-11;/h7H,1-6,10H2;1H. The van der Waals surface area contributed by atoms with Crippen LogP contribution in [0, 0.1) is 0 Å². The van der Waals surface area contributed by atoms with Crippen LogP contribution in [-0.2, 0) is 4.79 Å². The van der Waals surface area contributed by atoms with Gasteiger partial charge in [0.05, 0.1) is 6.42 Å². The van der Waals surface area contributed by atoms with E-state index in [1.54, 1.807) is 4.90 Å². The average Bonchev–Trinajstić information content (AvgIpc) is 2.56. The lowest BCUT2D eigenvalue weighted by Crippen LogP contribution is -2.31. The van der Waals surface area contributed by atoms with Gasteiger partial charge in [-0.1, -0.05) is 0 Å². The Morgan fingerprint density at radius 2 is 2.00 bits per heavy atom. The molecule has 1 rings (SSSR count). The van der Waals surface area contributed by atoms with Gasteiger partial charge in [0.25, 0.3) is 0 Å². The Balaban J connectivity index is 0.00000144. The van der Waals surface area contributed by atoms with E-state index in [1.807, 2.05) is 0 Å². The smallest absolute Gasteiger partial charge is 0.225 e. The molecule has 0 radical (unpaired) electrons. The van der Waals surface area contributed by atoms with Gasteiger partial charge >= 0.3 is 0 Å². The highest BCUT2D eigenvalue weighted by Crippen LogP contribution is 2.10. The Morgan fingerprint density at radius 1 is 1.46 bits per heavy atom. The molecule has 5 heteroatoms. The normalized spacial score (nSPS) is 18.2. The summed E-state index contributed by atoms with van der Waals surface area (Å²) < 4.78 is 12.7. The van der Waals surface area contributed by atoms with Crippen molar-refractivity contribution < 1.29 is 9.18 Å². The summed E-state index contributed by atoms with van der Waals surface area (Å²) >= 11 is 0. The van der Waals surface area contributed by atoms with Gasteiger partial charge in [0, 0.05) is 19.6 Å². The number of rotatable bonds is 3. The van der Waals surface area contributed by atoms with Crippen molar-refractivity contribution in [3.63, 3.8) is 0 Å². The maximum atomic E-state index is 12.7. The van der Waals surface area contributed by atoms with E-state index < -0.39 is 6.17 Å². The van der Waals surface area contributed by atoms with Gasteiger partial charge in [-0.2, -0.15) is 0 Å². The molecule has 0 aromatic heterocycles. The lowest BCUT2D eigenvalue weighted by Gasteiger charge is -2.15. The summed E-state index contributed by atoms with van der Waals surface area (Å²) in [5, 5.41) is 0. The van der Waals surface area contributed by atoms with Gasteiger partial charge in [0.2, 0.25) is 5.91 Å². The van der Waals surface area contributed by atoms with Gasteiger partial charge in [0.1, 0.15) is 6.17 Å². The van der Waals surface area contributed by atoms with Gasteiger partial charge < -0.3 is 10.6 Å². The summed E-state index contributed by atoms with van der Waals surface area (Å²) in [4.78, 5) is 13.0. The van der Waals surface area contributed by atoms with Crippen LogP contribution in [0.5, 0.6) is 0 Å². The van der Waals surface area contributed by atoms with Gasteiger partial charge in [-0.15, -0.1) is 12.4 Å². The fraction of sp³-hybridized carbons (Fsp3) is 0.875. The van der Waals surface area contributed by atoms with E-state index in [9.17, 15) is 9.18 Å². The molecule has 13 heavy (non-hydrogen) atoms. The molecule has 1 atom stereocenters. The molecule has 0 bridgehead atoms. The first-order chi connectivity index (χ1) is 5.74. The Morgan fingerprint density at radius 3 is 2.46 bits per heavy atom. The summed E-state index contributed by atoms with van der Waals surface area (Å²) in [6.07, 6.45) is 0.880. The first-order valence-corrected chi connectivity index (χ1v) is 4.36. The maximum Gasteiger partial charge on any atom is 0.225 e. The highest BCUT2D eigenvalue weighted by atomic mass is 35.5. The van der Waals surface area contributed by atoms with Crippen LogP contribution < -0.4 is 5.73 Å². The predicted molar refractivity (Wildman–Crippen MR) is 51.6 cm³/mol. The van der Waals surface area contributed by atoms with Crippen molar-refractivity contribution in [3.05, 3.63) is 0 Å². The third-order valence-electron chi connectivity index (χ3n) is 2.11. The summed E-state index contributed by atoms with van der Waals surface area (Å²) in [6.45, 7) is 1.52. The minimum Gasteiger partial charge on any atom is -0.343 e. The Bertz CT molecular complexity index is 162. The molecule has 1 aliphatic heterocycles. The molecule has 0 aliphatic carbocycles. The minimum absolute atomic E-state index is 0. The highest BCUT2D eigenvalue weighted by Gasteiger charge is 2.20. The molecule has 0 aromatic rings. The lowest BCUT2D eigenvalue weighted by atomic mass is 10.2. The van der Waals surface area contributed by atoms with Gasteiger partial charge in [-0.3, -0.25) is 4.79 Å². The number of carbonyl (C=O) groups excluding carboxylic acids is 1. The largest absolute Gasteiger partial charge is 0.343 e. The van der Waals surface area contributed by atoms with Crippen LogP contribution in [0.2, 0.25) is 0 Å². The highest BCUT2D eigenvalue weighted by molar-refractivity contribution is 5.85. The van der Waals surface area contributed by atoms with Crippen LogP contribution in [0.3, 0.4) is 0 Å². The zero-order chi connectivity index (χ0) is 8.97. The molecule has 1 heterocycles. The molecule has 1 amide bonds. The number of nitrogens with zero attached hydrogens (tertiary/aromatic N) is 1. The summed E-state index contributed by atoms with van der Waals surface area (Å²) in [6, 6.07) is 0. The number of carbonyl (C=O) groups is 1. The summed E-state index contributed by atoms with van der Waals surface area (Å²) in [5.41, 5.74) is 5.07. The molecule has 0 spiro atoms. The number of likely N-dealkylation sites (tertiary alicyclic amines) is 1. The van der Waals surface area contributed by atoms with Crippen LogP contribution in [0.15, 0.2) is 0 Å². The Kier molecular flexibility index (Phi) is 5.99. The van der Waals surface area contributed by atoms with Gasteiger partial charge in [-0.05, 0) is 12.8 Å². The van der Waals surface area contributed by atoms with Gasteiger partial charge in [-0.25, -0.2) is 4.39 Å². The van der Waals surface area contributed by atoms with Crippen molar-refractivity contribution in [1.29, 1.82) is 0 Å². The number of alkyl halides is 1. The second-order valence-electron chi connectivity index (χ2n) is 3.13. The van der Waals surface area contributed by atoms with Crippen molar-refractivity contribution in [3.8, 4) is 0 Å². The molecule has 0 aromatic carbocycles. The number of hydrogen-bond donors (Lipinski definition) is 1. The van der Waals surface area contributed by atoms with Crippen molar-refractivity contribution in [2.24, 2.45) is 5.73 Å². The van der Waals surface area contributed by atoms with E-state index in [-0.39, 0.29) is 31.3 Å². The second-order valence-corrected chi connectivity index (χ2v) is 3.13. The van der Waals surface area contributed by atoms with E-state index in [4.69, 9.17) is 5.73 Å². The zero-order valence-corrected chi connectivity index (χ0v) is 8.36. The minimum atomic E-state index is -1.17. The monoisotopic (exact) mass is 210 g/mol. The van der Waals surface area contributed by atoms with Crippen LogP contribution in [0.25, 0.3) is 0 Å². The first kappa shape index (κ1) is 12.7. The molecule has 2 N–H and O–H groups in total. The molecule has 1 fully saturated rings. The SMILES string of the molecule is Cl.NCC(F)CC(=O)N1CCCC1. The first-order valence-electron chi connectivity index (χ1n) is 4.36. The van der Waals surface area contributed by atoms with E-state index in [2.05, 4.69) is 0 Å². The molecule has 3 nitrogen and oxygen atoms in total. The predicted octanol–water partition coefficient (Wildman–Crippen LogP) is 0.717. The quantitative estimate of drug-likeness (QED) is 0.746. The van der Waals surface area contributed by atoms with Crippen molar-refractivity contribution in [2.45, 2.75) is 25.4 Å². The van der Waals surface area contributed by atoms with Crippen molar-refractivity contribution >= 4 is 18.3 Å². The zero-order valence-electron chi connectivity index (χ0n) is 7.54. The average molecular weight is 211 g/mol. The fourth-order valence-electron chi connectivity index (χ4n) is 1.37. The summed E-state index contributed by atoms with van der Waals surface area (Å²) in [5.74, 6) is -0.0922. The number of nitrogens with two attached hydrogens (primary N) is 1. The van der Waals surface area contributed by atoms with Crippen molar-refractivity contribution in [1.82, 2.24) is 4.90 Å². The summed E-state index contributed by atoms with van der Waals surface area (Å²) in [7, 11) is 0. The van der Waals surface area contributed by atoms with Crippen LogP contribution in [0.1, 0.15) is 19.3 Å². The van der Waals surface area contributed by atoms with Crippen molar-refractivity contribution in [2.75, 3.05) is 19.6 Å².